The average Bonchev–Trinajstić information content (AvgIpc) is 3.37. The molecule has 1 aromatic heterocycles. The van der Waals surface area contributed by atoms with E-state index in [-0.39, 0.29) is 11.8 Å². The number of halogens is 1. The topological polar surface area (TPSA) is 69.9 Å². The summed E-state index contributed by atoms with van der Waals surface area (Å²) in [6.07, 6.45) is 1.58. The van der Waals surface area contributed by atoms with Crippen molar-refractivity contribution in [3.05, 3.63) is 101 Å². The summed E-state index contributed by atoms with van der Waals surface area (Å²) >= 11 is 0. The number of esters is 1. The van der Waals surface area contributed by atoms with E-state index in [4.69, 9.17) is 13.9 Å². The van der Waals surface area contributed by atoms with Crippen molar-refractivity contribution in [1.29, 1.82) is 0 Å². The molecule has 0 spiro atoms. The third kappa shape index (κ3) is 9.01. The molecule has 0 fully saturated rings. The van der Waals surface area contributed by atoms with Crippen LogP contribution in [0.1, 0.15) is 41.1 Å². The van der Waals surface area contributed by atoms with Gasteiger partial charge in [0.25, 0.3) is 0 Å². The van der Waals surface area contributed by atoms with Crippen LogP contribution in [-0.4, -0.2) is 39.4 Å². The lowest BCUT2D eigenvalue weighted by Gasteiger charge is -2.08. The summed E-state index contributed by atoms with van der Waals surface area (Å²) in [7, 11) is 1.35. The Balaban J connectivity index is 0.00000195. The molecule has 0 bridgehead atoms. The fraction of sp³-hybridized carbons (Fsp3) is 0.323. The second-order valence-corrected chi connectivity index (χ2v) is 8.36. The molecule has 0 atom stereocenters. The van der Waals surface area contributed by atoms with Gasteiger partial charge in [-0.05, 0) is 66.1 Å². The molecule has 1 N–H and O–H groups in total. The van der Waals surface area contributed by atoms with Crippen LogP contribution < -0.4 is 10.1 Å². The van der Waals surface area contributed by atoms with Gasteiger partial charge in [0.15, 0.2) is 0 Å². The second kappa shape index (κ2) is 15.5. The quantitative estimate of drug-likeness (QED) is 0.163. The molecule has 202 valence electrons. The third-order valence-corrected chi connectivity index (χ3v) is 5.73. The van der Waals surface area contributed by atoms with Crippen LogP contribution in [0.15, 0.2) is 77.2 Å². The molecule has 0 saturated heterocycles. The summed E-state index contributed by atoms with van der Waals surface area (Å²) in [6, 6.07) is 21.7. The number of carbonyl (C=O) groups excluding carboxylic acids is 1. The van der Waals surface area contributed by atoms with E-state index in [1.54, 1.807) is 24.3 Å². The van der Waals surface area contributed by atoms with Crippen LogP contribution in [0, 0.1) is 5.82 Å². The van der Waals surface area contributed by atoms with Crippen LogP contribution in [0.2, 0.25) is 0 Å². The van der Waals surface area contributed by atoms with Gasteiger partial charge in [0.05, 0.1) is 25.9 Å². The minimum atomic E-state index is -0.371. The van der Waals surface area contributed by atoms with Gasteiger partial charge in [0.2, 0.25) is 0 Å². The highest BCUT2D eigenvalue weighted by molar-refractivity contribution is 5.89. The number of methoxy groups -OCH3 is 1. The number of benzene rings is 3. The van der Waals surface area contributed by atoms with Crippen LogP contribution in [0.3, 0.4) is 0 Å². The van der Waals surface area contributed by atoms with Crippen molar-refractivity contribution in [2.45, 2.75) is 33.2 Å². The van der Waals surface area contributed by atoms with E-state index in [9.17, 15) is 9.18 Å². The van der Waals surface area contributed by atoms with Crippen molar-refractivity contribution in [2.75, 3.05) is 33.5 Å². The lowest BCUT2D eigenvalue weighted by atomic mass is 10.1. The summed E-state index contributed by atoms with van der Waals surface area (Å²) < 4.78 is 35.0. The highest BCUT2D eigenvalue weighted by Gasteiger charge is 2.07. The number of furan rings is 1. The Morgan fingerprint density at radius 2 is 1.61 bits per heavy atom. The zero-order valence-corrected chi connectivity index (χ0v) is 22.3. The molecule has 4 aromatic rings. The average molecular weight is 522 g/mol. The Morgan fingerprint density at radius 1 is 0.868 bits per heavy atom. The number of carbonyl (C=O) groups is 1. The summed E-state index contributed by atoms with van der Waals surface area (Å²) in [5.74, 6) is 1.01. The molecule has 4 rings (SSSR count). The van der Waals surface area contributed by atoms with Gasteiger partial charge in [-0.25, -0.2) is 9.18 Å². The Kier molecular flexibility index (Phi) is 11.8. The molecule has 0 aliphatic carbocycles. The van der Waals surface area contributed by atoms with Crippen molar-refractivity contribution in [3.63, 3.8) is 0 Å². The smallest absolute Gasteiger partial charge is 0.337 e. The first-order valence-corrected chi connectivity index (χ1v) is 13.0. The fourth-order valence-electron chi connectivity index (χ4n) is 3.78. The summed E-state index contributed by atoms with van der Waals surface area (Å²) in [4.78, 5) is 11.4. The first-order chi connectivity index (χ1) is 18.6. The molecular formula is C31H36FNO5. The lowest BCUT2D eigenvalue weighted by Crippen LogP contribution is -2.20. The predicted octanol–water partition coefficient (Wildman–Crippen LogP) is 6.36. The Morgan fingerprint density at radius 3 is 2.34 bits per heavy atom. The van der Waals surface area contributed by atoms with Gasteiger partial charge < -0.3 is 23.9 Å². The van der Waals surface area contributed by atoms with Crippen molar-refractivity contribution in [1.82, 2.24) is 5.32 Å². The van der Waals surface area contributed by atoms with Gasteiger partial charge in [-0.3, -0.25) is 0 Å². The van der Waals surface area contributed by atoms with Crippen molar-refractivity contribution in [3.8, 4) is 5.75 Å². The van der Waals surface area contributed by atoms with Crippen molar-refractivity contribution in [2.24, 2.45) is 0 Å². The number of hydrogen-bond donors (Lipinski definition) is 1. The number of hydrogen-bond acceptors (Lipinski definition) is 6. The number of ether oxygens (including phenoxy) is 3. The van der Waals surface area contributed by atoms with Gasteiger partial charge >= 0.3 is 5.97 Å². The van der Waals surface area contributed by atoms with Crippen LogP contribution in [-0.2, 0) is 28.9 Å². The third-order valence-electron chi connectivity index (χ3n) is 5.73. The molecule has 38 heavy (non-hydrogen) atoms. The Labute approximate surface area is 223 Å². The van der Waals surface area contributed by atoms with E-state index in [1.807, 2.05) is 26.0 Å². The molecule has 0 aliphatic heterocycles. The maximum Gasteiger partial charge on any atom is 0.337 e. The minimum absolute atomic E-state index is 0.218. The van der Waals surface area contributed by atoms with Crippen LogP contribution in [0.5, 0.6) is 5.75 Å². The zero-order chi connectivity index (χ0) is 27.2. The number of aryl methyl sites for hydroxylation is 2. The van der Waals surface area contributed by atoms with E-state index in [2.05, 4.69) is 34.3 Å². The number of rotatable bonds is 13. The number of fused-ring (bicyclic) bond motifs is 1. The van der Waals surface area contributed by atoms with Crippen LogP contribution in [0.4, 0.5) is 4.39 Å². The molecule has 0 radical (unpaired) electrons. The first kappa shape index (κ1) is 28.9. The van der Waals surface area contributed by atoms with E-state index in [0.717, 1.165) is 40.7 Å². The van der Waals surface area contributed by atoms with Crippen LogP contribution in [0.25, 0.3) is 11.0 Å². The normalized spacial score (nSPS) is 10.6. The first-order valence-electron chi connectivity index (χ1n) is 13.0. The maximum atomic E-state index is 13.1. The molecule has 0 aliphatic rings. The summed E-state index contributed by atoms with van der Waals surface area (Å²) in [5.41, 5.74) is 3.59. The molecule has 6 nitrogen and oxygen atoms in total. The van der Waals surface area contributed by atoms with Crippen molar-refractivity contribution < 1.29 is 27.8 Å². The molecule has 0 saturated carbocycles. The highest BCUT2D eigenvalue weighted by atomic mass is 19.1. The van der Waals surface area contributed by atoms with E-state index < -0.39 is 0 Å². The van der Waals surface area contributed by atoms with Crippen LogP contribution >= 0.6 is 0 Å². The fourth-order valence-corrected chi connectivity index (χ4v) is 3.78. The predicted molar refractivity (Wildman–Crippen MR) is 147 cm³/mol. The second-order valence-electron chi connectivity index (χ2n) is 8.36. The SMILES string of the molecule is CC.COC(=O)c1ccc(OCCOCCNCc2ccc3cc(CCc4ccc(F)cc4)oc3c2)cc1. The van der Waals surface area contributed by atoms with Gasteiger partial charge in [-0.15, -0.1) is 0 Å². The standard InChI is InChI=1S/C29H30FNO5.C2H6/c1-33-29(32)23-7-12-26(13-8-23)35-17-16-34-15-14-31-20-22-2-6-24-19-27(36-28(24)18-22)11-5-21-3-9-25(30)10-4-21;1-2/h2-4,6-10,12-13,18-19,31H,5,11,14-17,20H2,1H3;1-2H3. The molecular weight excluding hydrogens is 485 g/mol. The van der Waals surface area contributed by atoms with Gasteiger partial charge in [0, 0.05) is 24.9 Å². The Bertz CT molecular complexity index is 1250. The molecule has 0 amide bonds. The molecule has 1 heterocycles. The monoisotopic (exact) mass is 521 g/mol. The van der Waals surface area contributed by atoms with Gasteiger partial charge in [0.1, 0.15) is 29.5 Å². The largest absolute Gasteiger partial charge is 0.491 e. The van der Waals surface area contributed by atoms with Gasteiger partial charge in [-0.1, -0.05) is 38.1 Å². The minimum Gasteiger partial charge on any atom is -0.491 e. The highest BCUT2D eigenvalue weighted by Crippen LogP contribution is 2.22. The van der Waals surface area contributed by atoms with Gasteiger partial charge in [-0.2, -0.15) is 0 Å². The zero-order valence-electron chi connectivity index (χ0n) is 22.3. The maximum absolute atomic E-state index is 13.1. The van der Waals surface area contributed by atoms with E-state index in [1.165, 1.54) is 19.2 Å². The molecule has 7 heteroatoms. The summed E-state index contributed by atoms with van der Waals surface area (Å²) in [5, 5.41) is 4.45. The number of nitrogens with one attached hydrogen (secondary N) is 1. The summed E-state index contributed by atoms with van der Waals surface area (Å²) in [6.45, 7) is 6.90. The van der Waals surface area contributed by atoms with E-state index in [0.29, 0.717) is 44.2 Å². The molecule has 0 unspecified atom stereocenters. The van der Waals surface area contributed by atoms with E-state index >= 15 is 0 Å². The Hall–Kier alpha value is -3.68. The lowest BCUT2D eigenvalue weighted by molar-refractivity contribution is 0.0600. The van der Waals surface area contributed by atoms with Crippen molar-refractivity contribution >= 4 is 16.9 Å². The molecule has 3 aromatic carbocycles.